The van der Waals surface area contributed by atoms with Gasteiger partial charge < -0.3 is 5.32 Å². The Labute approximate surface area is 146 Å². The zero-order valence-corrected chi connectivity index (χ0v) is 14.0. The standard InChI is InChI=1S/C20H17ClN2O/c1-14(15-6-8-19(21)9-7-15)23-20(24)18-4-2-16(3-5-18)17-10-12-22-13-11-17/h2-14H,1H3,(H,23,24)/t14-/m1/s1. The highest BCUT2D eigenvalue weighted by Gasteiger charge is 2.11. The molecule has 1 aromatic heterocycles. The predicted molar refractivity (Wildman–Crippen MR) is 97.0 cm³/mol. The van der Waals surface area contributed by atoms with E-state index in [2.05, 4.69) is 10.3 Å². The maximum atomic E-state index is 12.4. The molecule has 0 aliphatic rings. The molecule has 120 valence electrons. The summed E-state index contributed by atoms with van der Waals surface area (Å²) in [7, 11) is 0. The van der Waals surface area contributed by atoms with E-state index in [1.54, 1.807) is 12.4 Å². The lowest BCUT2D eigenvalue weighted by atomic mass is 10.0. The number of carbonyl (C=O) groups excluding carboxylic acids is 1. The average Bonchev–Trinajstić information content (AvgIpc) is 2.63. The van der Waals surface area contributed by atoms with Crippen molar-refractivity contribution in [2.75, 3.05) is 0 Å². The highest BCUT2D eigenvalue weighted by atomic mass is 35.5. The summed E-state index contributed by atoms with van der Waals surface area (Å²) in [5.41, 5.74) is 3.78. The van der Waals surface area contributed by atoms with E-state index < -0.39 is 0 Å². The van der Waals surface area contributed by atoms with Gasteiger partial charge in [-0.3, -0.25) is 9.78 Å². The van der Waals surface area contributed by atoms with Crippen LogP contribution in [-0.2, 0) is 0 Å². The second-order valence-corrected chi connectivity index (χ2v) is 6.00. The number of amides is 1. The lowest BCUT2D eigenvalue weighted by Crippen LogP contribution is -2.26. The first-order valence-corrected chi connectivity index (χ1v) is 8.08. The number of halogens is 1. The van der Waals surface area contributed by atoms with E-state index in [1.165, 1.54) is 0 Å². The van der Waals surface area contributed by atoms with Gasteiger partial charge >= 0.3 is 0 Å². The molecule has 2 aromatic carbocycles. The van der Waals surface area contributed by atoms with Crippen molar-refractivity contribution in [3.8, 4) is 11.1 Å². The smallest absolute Gasteiger partial charge is 0.251 e. The number of nitrogens with one attached hydrogen (secondary N) is 1. The molecule has 0 saturated carbocycles. The van der Waals surface area contributed by atoms with E-state index in [0.29, 0.717) is 10.6 Å². The number of nitrogens with zero attached hydrogens (tertiary/aromatic N) is 1. The molecule has 0 radical (unpaired) electrons. The predicted octanol–water partition coefficient (Wildman–Crippen LogP) is 4.89. The minimum atomic E-state index is -0.0984. The second kappa shape index (κ2) is 7.28. The minimum Gasteiger partial charge on any atom is -0.346 e. The first-order valence-electron chi connectivity index (χ1n) is 7.70. The van der Waals surface area contributed by atoms with Crippen molar-refractivity contribution in [1.29, 1.82) is 0 Å². The molecular weight excluding hydrogens is 320 g/mol. The van der Waals surface area contributed by atoms with Gasteiger partial charge in [0.15, 0.2) is 0 Å². The molecule has 3 rings (SSSR count). The topological polar surface area (TPSA) is 42.0 Å². The molecule has 3 aromatic rings. The van der Waals surface area contributed by atoms with Gasteiger partial charge in [-0.15, -0.1) is 0 Å². The molecule has 0 aliphatic carbocycles. The molecule has 1 atom stereocenters. The van der Waals surface area contributed by atoms with Gasteiger partial charge in [-0.25, -0.2) is 0 Å². The summed E-state index contributed by atoms with van der Waals surface area (Å²) in [4.78, 5) is 16.4. The van der Waals surface area contributed by atoms with Crippen LogP contribution in [0.1, 0.15) is 28.9 Å². The number of aromatic nitrogens is 1. The van der Waals surface area contributed by atoms with Crippen LogP contribution in [0.2, 0.25) is 5.02 Å². The van der Waals surface area contributed by atoms with Crippen LogP contribution < -0.4 is 5.32 Å². The first-order chi connectivity index (χ1) is 11.6. The molecule has 0 fully saturated rings. The molecule has 0 bridgehead atoms. The number of rotatable bonds is 4. The molecule has 0 aliphatic heterocycles. The summed E-state index contributed by atoms with van der Waals surface area (Å²) < 4.78 is 0. The van der Waals surface area contributed by atoms with Crippen LogP contribution in [0.4, 0.5) is 0 Å². The Hall–Kier alpha value is -2.65. The van der Waals surface area contributed by atoms with Crippen molar-refractivity contribution in [3.63, 3.8) is 0 Å². The van der Waals surface area contributed by atoms with Gasteiger partial charge in [0.1, 0.15) is 0 Å². The molecule has 1 amide bonds. The third kappa shape index (κ3) is 3.81. The molecule has 4 heteroatoms. The first kappa shape index (κ1) is 16.2. The van der Waals surface area contributed by atoms with Crippen LogP contribution in [0.25, 0.3) is 11.1 Å². The van der Waals surface area contributed by atoms with E-state index in [-0.39, 0.29) is 11.9 Å². The third-order valence-electron chi connectivity index (χ3n) is 3.88. The molecule has 3 nitrogen and oxygen atoms in total. The molecule has 1 heterocycles. The molecular formula is C20H17ClN2O. The zero-order chi connectivity index (χ0) is 16.9. The Balaban J connectivity index is 1.70. The Morgan fingerprint density at radius 2 is 1.50 bits per heavy atom. The van der Waals surface area contributed by atoms with E-state index in [9.17, 15) is 4.79 Å². The van der Waals surface area contributed by atoms with Crippen molar-refractivity contribution in [1.82, 2.24) is 10.3 Å². The quantitative estimate of drug-likeness (QED) is 0.736. The van der Waals surface area contributed by atoms with E-state index >= 15 is 0 Å². The normalized spacial score (nSPS) is 11.8. The molecule has 24 heavy (non-hydrogen) atoms. The van der Waals surface area contributed by atoms with Gasteiger partial charge in [-0.2, -0.15) is 0 Å². The van der Waals surface area contributed by atoms with Gasteiger partial charge in [-0.1, -0.05) is 35.9 Å². The monoisotopic (exact) mass is 336 g/mol. The maximum absolute atomic E-state index is 12.4. The Bertz CT molecular complexity index is 815. The number of pyridine rings is 1. The van der Waals surface area contributed by atoms with E-state index in [1.807, 2.05) is 67.6 Å². The van der Waals surface area contributed by atoms with Crippen LogP contribution in [0.3, 0.4) is 0 Å². The summed E-state index contributed by atoms with van der Waals surface area (Å²) in [6, 6.07) is 18.8. The average molecular weight is 337 g/mol. The fraction of sp³-hybridized carbons (Fsp3) is 0.100. The van der Waals surface area contributed by atoms with E-state index in [4.69, 9.17) is 11.6 Å². The van der Waals surface area contributed by atoms with Crippen molar-refractivity contribution in [3.05, 3.63) is 89.2 Å². The summed E-state index contributed by atoms with van der Waals surface area (Å²) in [5, 5.41) is 3.68. The highest BCUT2D eigenvalue weighted by molar-refractivity contribution is 6.30. The van der Waals surface area contributed by atoms with Crippen molar-refractivity contribution in [2.24, 2.45) is 0 Å². The number of carbonyl (C=O) groups is 1. The Morgan fingerprint density at radius 3 is 2.12 bits per heavy atom. The van der Waals surface area contributed by atoms with Gasteiger partial charge in [0.2, 0.25) is 0 Å². The number of benzene rings is 2. The van der Waals surface area contributed by atoms with Gasteiger partial charge in [0.05, 0.1) is 6.04 Å². The van der Waals surface area contributed by atoms with Crippen LogP contribution in [0.5, 0.6) is 0 Å². The van der Waals surface area contributed by atoms with Gasteiger partial charge in [-0.05, 0) is 60.0 Å². The minimum absolute atomic E-state index is 0.0883. The summed E-state index contributed by atoms with van der Waals surface area (Å²) >= 11 is 5.89. The molecule has 0 saturated heterocycles. The summed E-state index contributed by atoms with van der Waals surface area (Å²) in [5.74, 6) is -0.0984. The fourth-order valence-corrected chi connectivity index (χ4v) is 2.60. The second-order valence-electron chi connectivity index (χ2n) is 5.56. The largest absolute Gasteiger partial charge is 0.346 e. The van der Waals surface area contributed by atoms with Crippen molar-refractivity contribution >= 4 is 17.5 Å². The molecule has 1 N–H and O–H groups in total. The van der Waals surface area contributed by atoms with Crippen LogP contribution >= 0.6 is 11.6 Å². The van der Waals surface area contributed by atoms with Gasteiger partial charge in [0.25, 0.3) is 5.91 Å². The molecule has 0 unspecified atom stereocenters. The van der Waals surface area contributed by atoms with Crippen LogP contribution in [0, 0.1) is 0 Å². The van der Waals surface area contributed by atoms with E-state index in [0.717, 1.165) is 16.7 Å². The Kier molecular flexibility index (Phi) is 4.92. The lowest BCUT2D eigenvalue weighted by Gasteiger charge is -2.14. The SMILES string of the molecule is C[C@@H](NC(=O)c1ccc(-c2ccncc2)cc1)c1ccc(Cl)cc1. The zero-order valence-electron chi connectivity index (χ0n) is 13.2. The van der Waals surface area contributed by atoms with Crippen molar-refractivity contribution in [2.45, 2.75) is 13.0 Å². The maximum Gasteiger partial charge on any atom is 0.251 e. The van der Waals surface area contributed by atoms with Gasteiger partial charge in [0, 0.05) is 23.0 Å². The Morgan fingerprint density at radius 1 is 0.917 bits per heavy atom. The van der Waals surface area contributed by atoms with Crippen LogP contribution in [-0.4, -0.2) is 10.9 Å². The van der Waals surface area contributed by atoms with Crippen molar-refractivity contribution < 1.29 is 4.79 Å². The number of hydrogen-bond donors (Lipinski definition) is 1. The summed E-state index contributed by atoms with van der Waals surface area (Å²) in [6.45, 7) is 1.95. The molecule has 0 spiro atoms. The fourth-order valence-electron chi connectivity index (χ4n) is 2.47. The number of hydrogen-bond acceptors (Lipinski definition) is 2. The summed E-state index contributed by atoms with van der Waals surface area (Å²) in [6.07, 6.45) is 3.51. The lowest BCUT2D eigenvalue weighted by molar-refractivity contribution is 0.0940. The highest BCUT2D eigenvalue weighted by Crippen LogP contribution is 2.20. The third-order valence-corrected chi connectivity index (χ3v) is 4.13. The van der Waals surface area contributed by atoms with Crippen LogP contribution in [0.15, 0.2) is 73.1 Å².